The van der Waals surface area contributed by atoms with Gasteiger partial charge in [-0.1, -0.05) is 66.7 Å². The molecule has 0 aliphatic carbocycles. The number of nitrogens with one attached hydrogen (secondary N) is 1. The molecule has 0 aliphatic rings. The Hall–Kier alpha value is -5.45. The first-order valence-electron chi connectivity index (χ1n) is 19.2. The van der Waals surface area contributed by atoms with E-state index >= 15 is 0 Å². The number of nitrogens with zero attached hydrogens (tertiary/aromatic N) is 8. The maximum Gasteiger partial charge on any atom is 0.361 e. The number of aromatic nitrogens is 8. The summed E-state index contributed by atoms with van der Waals surface area (Å²) in [6, 6.07) is 27.7. The van der Waals surface area contributed by atoms with E-state index in [0.717, 1.165) is 5.56 Å². The fourth-order valence-electron chi connectivity index (χ4n) is 5.73. The largest absolute Gasteiger partial charge is 0.431 e. The molecule has 5 N–H and O–H groups in total. The predicted octanol–water partition coefficient (Wildman–Crippen LogP) is 7.52. The van der Waals surface area contributed by atoms with Crippen molar-refractivity contribution in [1.29, 1.82) is 0 Å². The van der Waals surface area contributed by atoms with E-state index in [1.807, 2.05) is 79.9 Å². The van der Waals surface area contributed by atoms with Crippen LogP contribution in [-0.2, 0) is 43.0 Å². The maximum absolute atomic E-state index is 13.8. The summed E-state index contributed by atoms with van der Waals surface area (Å²) < 4.78 is 58.4. The molecule has 0 bridgehead atoms. The van der Waals surface area contributed by atoms with Gasteiger partial charge in [-0.25, -0.2) is 35.0 Å². The number of anilines is 2. The van der Waals surface area contributed by atoms with E-state index in [1.165, 1.54) is 12.7 Å². The van der Waals surface area contributed by atoms with Crippen LogP contribution in [-0.4, -0.2) is 76.6 Å². The van der Waals surface area contributed by atoms with Gasteiger partial charge in [-0.3, -0.25) is 9.13 Å². The lowest BCUT2D eigenvalue weighted by molar-refractivity contribution is 0.0547. The zero-order valence-electron chi connectivity index (χ0n) is 33.8. The van der Waals surface area contributed by atoms with Crippen LogP contribution in [0.2, 0.25) is 0 Å². The quantitative estimate of drug-likeness (QED) is 0.0628. The summed E-state index contributed by atoms with van der Waals surface area (Å²) in [5.74, 6) is 1.57. The molecule has 7 aromatic rings. The van der Waals surface area contributed by atoms with Gasteiger partial charge in [0, 0.05) is 6.54 Å². The highest BCUT2D eigenvalue weighted by Gasteiger charge is 2.28. The number of fused-ring (bicyclic) bond motifs is 2. The van der Waals surface area contributed by atoms with Crippen LogP contribution in [0.3, 0.4) is 0 Å². The number of halogens is 1. The first-order valence-corrected chi connectivity index (χ1v) is 23.7. The van der Waals surface area contributed by atoms with Crippen molar-refractivity contribution in [3.63, 3.8) is 0 Å². The third kappa shape index (κ3) is 13.5. The molecular weight excluding hydrogens is 844 g/mol. The summed E-state index contributed by atoms with van der Waals surface area (Å²) in [7, 11) is -3.41. The number of ether oxygens (including phenoxy) is 3. The molecule has 0 radical (unpaired) electrons. The summed E-state index contributed by atoms with van der Waals surface area (Å²) in [5, 5.41) is 3.06. The average Bonchev–Trinajstić information content (AvgIpc) is 3.87. The van der Waals surface area contributed by atoms with Gasteiger partial charge in [0.05, 0.1) is 50.7 Å². The van der Waals surface area contributed by atoms with Crippen molar-refractivity contribution in [2.24, 2.45) is 0 Å². The van der Waals surface area contributed by atoms with Crippen molar-refractivity contribution in [2.75, 3.05) is 30.7 Å². The summed E-state index contributed by atoms with van der Waals surface area (Å²) in [5.41, 5.74) is 15.0. The smallest absolute Gasteiger partial charge is 0.361 e. The Morgan fingerprint density at radius 2 is 1.10 bits per heavy atom. The first-order chi connectivity index (χ1) is 29.4. The van der Waals surface area contributed by atoms with Gasteiger partial charge in [0.25, 0.3) is 0 Å². The van der Waals surface area contributed by atoms with Crippen molar-refractivity contribution in [3.8, 4) is 11.5 Å². The SMILES string of the molecule is C[C@H](CNP(=O)(CO[C@H](C)Cn1cnc2c(N)ncnc21)Oc1ccccc1)OCc1ccccc1.C[C@H](Cn1cnc2c(N)ncnc21)OCP(=O)(Cl)Oc1ccccc1. The third-order valence-electron chi connectivity index (χ3n) is 8.79. The molecule has 322 valence electrons. The van der Waals surface area contributed by atoms with E-state index in [2.05, 4.69) is 35.0 Å². The number of para-hydroxylation sites is 2. The molecule has 0 fully saturated rings. The van der Waals surface area contributed by atoms with E-state index in [4.69, 9.17) is 46.0 Å². The number of nitrogen functional groups attached to an aromatic ring is 2. The third-order valence-corrected chi connectivity index (χ3v) is 11.9. The van der Waals surface area contributed by atoms with Gasteiger partial charge in [0.2, 0.25) is 0 Å². The van der Waals surface area contributed by atoms with Crippen LogP contribution >= 0.6 is 25.5 Å². The fraction of sp³-hybridized carbons (Fsp3) is 0.300. The molecule has 18 nitrogen and oxygen atoms in total. The number of hydrogen-bond donors (Lipinski definition) is 3. The van der Waals surface area contributed by atoms with E-state index < -0.39 is 14.2 Å². The lowest BCUT2D eigenvalue weighted by Crippen LogP contribution is -2.29. The Labute approximate surface area is 357 Å². The van der Waals surface area contributed by atoms with Gasteiger partial charge in [0.1, 0.15) is 47.9 Å². The van der Waals surface area contributed by atoms with Gasteiger partial charge in [-0.2, -0.15) is 0 Å². The topological polar surface area (TPSA) is 232 Å². The van der Waals surface area contributed by atoms with Crippen LogP contribution in [0.4, 0.5) is 11.6 Å². The first kappa shape index (κ1) is 45.1. The standard InChI is InChI=1S/C25H31N6O4P.C15H17ClN5O3P/c1-19(33-15-21-9-5-3-6-10-21)13-30-36(32,35-22-11-7-4-8-12-22)18-34-20(2)14-31-17-29-23-24(26)27-16-28-25(23)31;1-11(7-21-9-20-13-14(17)18-8-19-15(13)21)23-10-25(16,22)24-12-5-3-2-4-6-12/h3-12,16-17,19-20H,13-15,18H2,1-2H3,(H,30,32)(H2,26,27,28);2-6,8-9,11H,7,10H2,1H3,(H2,17,18,19)/t19-,20-,36?;11-,25?/m11/s1. The van der Waals surface area contributed by atoms with E-state index in [0.29, 0.717) is 71.7 Å². The van der Waals surface area contributed by atoms with Crippen molar-refractivity contribution < 1.29 is 32.4 Å². The Bertz CT molecular complexity index is 2540. The summed E-state index contributed by atoms with van der Waals surface area (Å²) in [6.07, 6.45) is 4.89. The lowest BCUT2D eigenvalue weighted by atomic mass is 10.2. The molecule has 0 saturated carbocycles. The van der Waals surface area contributed by atoms with E-state index in [-0.39, 0.29) is 31.0 Å². The monoisotopic (exact) mass is 891 g/mol. The second-order valence-corrected chi connectivity index (χ2v) is 19.2. The Balaban J connectivity index is 0.000000218. The Morgan fingerprint density at radius 3 is 1.62 bits per heavy atom. The summed E-state index contributed by atoms with van der Waals surface area (Å²) in [4.78, 5) is 24.7. The Morgan fingerprint density at radius 1 is 0.623 bits per heavy atom. The zero-order valence-corrected chi connectivity index (χ0v) is 36.4. The highest BCUT2D eigenvalue weighted by molar-refractivity contribution is 7.85. The molecule has 0 spiro atoms. The van der Waals surface area contributed by atoms with Crippen molar-refractivity contribution in [3.05, 3.63) is 122 Å². The lowest BCUT2D eigenvalue weighted by Gasteiger charge is -2.24. The van der Waals surface area contributed by atoms with Crippen LogP contribution in [0.1, 0.15) is 26.3 Å². The summed E-state index contributed by atoms with van der Waals surface area (Å²) in [6.45, 7) is 3.87. The molecule has 21 heteroatoms. The van der Waals surface area contributed by atoms with Crippen LogP contribution in [0.15, 0.2) is 116 Å². The molecule has 3 aromatic carbocycles. The fourth-order valence-corrected chi connectivity index (χ4v) is 8.71. The Kier molecular flexibility index (Phi) is 15.8. The van der Waals surface area contributed by atoms with Gasteiger partial charge < -0.3 is 43.9 Å². The van der Waals surface area contributed by atoms with E-state index in [1.54, 1.807) is 53.6 Å². The van der Waals surface area contributed by atoms with Crippen LogP contribution < -0.4 is 25.6 Å². The minimum Gasteiger partial charge on any atom is -0.431 e. The normalized spacial score (nSPS) is 14.9. The molecule has 5 atom stereocenters. The molecule has 4 aromatic heterocycles. The van der Waals surface area contributed by atoms with Crippen molar-refractivity contribution >= 4 is 59.4 Å². The highest BCUT2D eigenvalue weighted by atomic mass is 35.7. The van der Waals surface area contributed by atoms with Gasteiger partial charge >= 0.3 is 14.2 Å². The summed E-state index contributed by atoms with van der Waals surface area (Å²) >= 11 is 5.96. The average molecular weight is 892 g/mol. The van der Waals surface area contributed by atoms with Gasteiger partial charge in [0.15, 0.2) is 22.9 Å². The number of imidazole rings is 2. The molecule has 7 rings (SSSR count). The van der Waals surface area contributed by atoms with E-state index in [9.17, 15) is 9.13 Å². The number of hydrogen-bond acceptors (Lipinski definition) is 15. The highest BCUT2D eigenvalue weighted by Crippen LogP contribution is 2.52. The molecule has 4 heterocycles. The molecule has 61 heavy (non-hydrogen) atoms. The second-order valence-electron chi connectivity index (χ2n) is 13.9. The molecule has 0 saturated heterocycles. The molecular formula is C40H48ClN11O7P2. The molecule has 0 amide bonds. The predicted molar refractivity (Wildman–Crippen MR) is 234 cm³/mol. The molecule has 0 aliphatic heterocycles. The number of benzene rings is 3. The zero-order chi connectivity index (χ0) is 43.2. The minimum absolute atomic E-state index is 0.127. The van der Waals surface area contributed by atoms with Crippen LogP contribution in [0, 0.1) is 0 Å². The van der Waals surface area contributed by atoms with Crippen LogP contribution in [0.25, 0.3) is 22.3 Å². The van der Waals surface area contributed by atoms with Crippen LogP contribution in [0.5, 0.6) is 11.5 Å². The van der Waals surface area contributed by atoms with Gasteiger partial charge in [-0.05, 0) is 61.8 Å². The van der Waals surface area contributed by atoms with Gasteiger partial charge in [-0.15, -0.1) is 0 Å². The number of rotatable bonds is 20. The van der Waals surface area contributed by atoms with Crippen molar-refractivity contribution in [1.82, 2.24) is 44.1 Å². The van der Waals surface area contributed by atoms with Crippen molar-refractivity contribution in [2.45, 2.75) is 58.8 Å². The second kappa shape index (κ2) is 21.4. The number of nitrogens with two attached hydrogens (primary N) is 2. The minimum atomic E-state index is -3.43. The maximum atomic E-state index is 13.8. The molecule has 2 unspecified atom stereocenters.